The van der Waals surface area contributed by atoms with Crippen molar-refractivity contribution in [2.75, 3.05) is 11.2 Å². The number of alkyl halides is 3. The Morgan fingerprint density at radius 2 is 2.17 bits per heavy atom. The van der Waals surface area contributed by atoms with Crippen molar-refractivity contribution in [3.05, 3.63) is 41.9 Å². The monoisotopic (exact) mass is 337 g/mol. The summed E-state index contributed by atoms with van der Waals surface area (Å²) < 4.78 is 38.5. The molecule has 0 aliphatic carbocycles. The quantitative estimate of drug-likeness (QED) is 0.299. The van der Waals surface area contributed by atoms with Crippen molar-refractivity contribution in [1.82, 2.24) is 15.0 Å². The number of rotatable bonds is 5. The van der Waals surface area contributed by atoms with E-state index in [9.17, 15) is 13.2 Å². The number of nitrogens with one attached hydrogen (secondary N) is 1. The summed E-state index contributed by atoms with van der Waals surface area (Å²) in [4.78, 5) is 11.4. The maximum Gasteiger partial charge on any atom is 0.433 e. The van der Waals surface area contributed by atoms with E-state index >= 15 is 0 Å². The van der Waals surface area contributed by atoms with E-state index in [1.165, 1.54) is 6.21 Å². The molecule has 2 heterocycles. The molecule has 2 aromatic rings. The number of pyridine rings is 1. The van der Waals surface area contributed by atoms with E-state index in [-0.39, 0.29) is 16.7 Å². The van der Waals surface area contributed by atoms with Crippen molar-refractivity contribution in [1.29, 1.82) is 0 Å². The van der Waals surface area contributed by atoms with E-state index in [4.69, 9.17) is 6.42 Å². The van der Waals surface area contributed by atoms with Gasteiger partial charge >= 0.3 is 6.18 Å². The van der Waals surface area contributed by atoms with Gasteiger partial charge in [-0.05, 0) is 12.1 Å². The van der Waals surface area contributed by atoms with E-state index in [0.29, 0.717) is 5.69 Å². The topological polar surface area (TPSA) is 63.1 Å². The first-order valence-electron chi connectivity index (χ1n) is 6.21. The molecule has 0 atom stereocenters. The number of nitrogens with zero attached hydrogens (tertiary/aromatic N) is 4. The summed E-state index contributed by atoms with van der Waals surface area (Å²) in [5.41, 5.74) is 1.92. The molecule has 0 saturated heterocycles. The predicted molar refractivity (Wildman–Crippen MR) is 82.0 cm³/mol. The van der Waals surface area contributed by atoms with Crippen LogP contribution in [0.3, 0.4) is 0 Å². The third-order valence-electron chi connectivity index (χ3n) is 2.34. The molecular formula is C14H10F3N5S. The lowest BCUT2D eigenvalue weighted by Crippen LogP contribution is -2.10. The van der Waals surface area contributed by atoms with Gasteiger partial charge in [-0.2, -0.15) is 18.3 Å². The fourth-order valence-electron chi connectivity index (χ4n) is 1.42. The summed E-state index contributed by atoms with van der Waals surface area (Å²) in [5, 5.41) is 3.74. The van der Waals surface area contributed by atoms with Crippen molar-refractivity contribution in [2.45, 2.75) is 11.3 Å². The second-order valence-corrected chi connectivity index (χ2v) is 4.98. The molecule has 9 heteroatoms. The zero-order valence-electron chi connectivity index (χ0n) is 11.6. The molecule has 0 unspecified atom stereocenters. The standard InChI is InChI=1S/C14H10F3N5S/c1-2-7-23-13-20-11(14(15,16)17)8-12(21-13)22-19-9-10-5-3-4-6-18-10/h1,3-6,8-9H,7H2,(H,20,21,22)/b19-9+. The lowest BCUT2D eigenvalue weighted by molar-refractivity contribution is -0.141. The Hall–Kier alpha value is -2.60. The highest BCUT2D eigenvalue weighted by Gasteiger charge is 2.33. The SMILES string of the molecule is C#CCSc1nc(N/N=C/c2ccccn2)cc(C(F)(F)F)n1. The lowest BCUT2D eigenvalue weighted by atomic mass is 10.4. The van der Waals surface area contributed by atoms with Crippen LogP contribution >= 0.6 is 11.8 Å². The summed E-state index contributed by atoms with van der Waals surface area (Å²) in [5.74, 6) is 2.38. The van der Waals surface area contributed by atoms with E-state index < -0.39 is 11.9 Å². The van der Waals surface area contributed by atoms with Crippen LogP contribution < -0.4 is 5.43 Å². The first-order valence-corrected chi connectivity index (χ1v) is 7.20. The third kappa shape index (κ3) is 5.27. The van der Waals surface area contributed by atoms with Gasteiger partial charge in [-0.3, -0.25) is 10.4 Å². The molecule has 23 heavy (non-hydrogen) atoms. The lowest BCUT2D eigenvalue weighted by Gasteiger charge is -2.09. The molecule has 0 amide bonds. The number of thioether (sulfide) groups is 1. The summed E-state index contributed by atoms with van der Waals surface area (Å²) in [6.07, 6.45) is 3.44. The molecule has 0 bridgehead atoms. The highest BCUT2D eigenvalue weighted by atomic mass is 32.2. The zero-order valence-corrected chi connectivity index (χ0v) is 12.4. The number of halogens is 3. The summed E-state index contributed by atoms with van der Waals surface area (Å²) >= 11 is 0.932. The Labute approximate surface area is 134 Å². The second-order valence-electron chi connectivity index (χ2n) is 4.04. The molecule has 0 radical (unpaired) electrons. The Bertz CT molecular complexity index is 725. The molecule has 2 aromatic heterocycles. The van der Waals surface area contributed by atoms with Crippen LogP contribution in [0.4, 0.5) is 19.0 Å². The van der Waals surface area contributed by atoms with E-state index in [1.54, 1.807) is 24.4 Å². The van der Waals surface area contributed by atoms with Gasteiger partial charge in [0.2, 0.25) is 0 Å². The minimum atomic E-state index is -4.59. The average molecular weight is 337 g/mol. The average Bonchev–Trinajstić information content (AvgIpc) is 2.53. The Morgan fingerprint density at radius 1 is 1.35 bits per heavy atom. The molecule has 118 valence electrons. The van der Waals surface area contributed by atoms with Gasteiger partial charge in [-0.15, -0.1) is 6.42 Å². The Kier molecular flexibility index (Phi) is 5.54. The fraction of sp³-hybridized carbons (Fsp3) is 0.143. The predicted octanol–water partition coefficient (Wildman–Crippen LogP) is 3.06. The van der Waals surface area contributed by atoms with Crippen LogP contribution in [0.15, 0.2) is 40.7 Å². The molecule has 2 rings (SSSR count). The number of hydrazone groups is 1. The summed E-state index contributed by atoms with van der Waals surface area (Å²) in [6.45, 7) is 0. The van der Waals surface area contributed by atoms with Crippen LogP contribution in [0.25, 0.3) is 0 Å². The van der Waals surface area contributed by atoms with Gasteiger partial charge in [0, 0.05) is 12.3 Å². The van der Waals surface area contributed by atoms with Crippen molar-refractivity contribution in [3.8, 4) is 12.3 Å². The highest BCUT2D eigenvalue weighted by molar-refractivity contribution is 7.99. The van der Waals surface area contributed by atoms with Crippen LogP contribution in [-0.4, -0.2) is 26.9 Å². The molecule has 0 saturated carbocycles. The molecule has 5 nitrogen and oxygen atoms in total. The smallest absolute Gasteiger partial charge is 0.261 e. The van der Waals surface area contributed by atoms with E-state index in [1.807, 2.05) is 0 Å². The number of hydrogen-bond donors (Lipinski definition) is 1. The zero-order chi connectivity index (χ0) is 16.7. The van der Waals surface area contributed by atoms with Crippen LogP contribution in [0, 0.1) is 12.3 Å². The van der Waals surface area contributed by atoms with Crippen LogP contribution in [0.1, 0.15) is 11.4 Å². The van der Waals surface area contributed by atoms with E-state index in [0.717, 1.165) is 17.8 Å². The van der Waals surface area contributed by atoms with Gasteiger partial charge in [-0.25, -0.2) is 9.97 Å². The van der Waals surface area contributed by atoms with Gasteiger partial charge in [0.1, 0.15) is 0 Å². The molecule has 0 aliphatic heterocycles. The van der Waals surface area contributed by atoms with Crippen molar-refractivity contribution in [2.24, 2.45) is 5.10 Å². The maximum atomic E-state index is 12.8. The van der Waals surface area contributed by atoms with Crippen LogP contribution in [0.2, 0.25) is 0 Å². The number of terminal acetylenes is 1. The van der Waals surface area contributed by atoms with Crippen LogP contribution in [0.5, 0.6) is 0 Å². The third-order valence-corrected chi connectivity index (χ3v) is 3.10. The maximum absolute atomic E-state index is 12.8. The van der Waals surface area contributed by atoms with Crippen molar-refractivity contribution >= 4 is 23.8 Å². The highest BCUT2D eigenvalue weighted by Crippen LogP contribution is 2.30. The molecule has 0 aliphatic rings. The van der Waals surface area contributed by atoms with Crippen LogP contribution in [-0.2, 0) is 6.18 Å². The summed E-state index contributed by atoms with van der Waals surface area (Å²) in [7, 11) is 0. The molecule has 0 fully saturated rings. The van der Waals surface area contributed by atoms with Gasteiger partial charge in [0.15, 0.2) is 16.7 Å². The first-order chi connectivity index (χ1) is 11.0. The molecule has 1 N–H and O–H groups in total. The normalized spacial score (nSPS) is 11.4. The number of aromatic nitrogens is 3. The van der Waals surface area contributed by atoms with E-state index in [2.05, 4.69) is 31.4 Å². The first kappa shape index (κ1) is 16.8. The van der Waals surface area contributed by atoms with Crippen molar-refractivity contribution < 1.29 is 13.2 Å². The number of anilines is 1. The number of hydrogen-bond acceptors (Lipinski definition) is 6. The molecular weight excluding hydrogens is 327 g/mol. The Balaban J connectivity index is 2.19. The minimum absolute atomic E-state index is 0.0756. The fourth-order valence-corrected chi connectivity index (χ4v) is 1.95. The second kappa shape index (κ2) is 7.60. The van der Waals surface area contributed by atoms with Crippen molar-refractivity contribution in [3.63, 3.8) is 0 Å². The van der Waals surface area contributed by atoms with Gasteiger partial charge in [0.25, 0.3) is 0 Å². The van der Waals surface area contributed by atoms with Gasteiger partial charge in [-0.1, -0.05) is 23.7 Å². The van der Waals surface area contributed by atoms with Gasteiger partial charge < -0.3 is 0 Å². The molecule has 0 spiro atoms. The molecule has 0 aromatic carbocycles. The minimum Gasteiger partial charge on any atom is -0.261 e. The largest absolute Gasteiger partial charge is 0.433 e. The summed E-state index contributed by atoms with van der Waals surface area (Å²) in [6, 6.07) is 5.96. The Morgan fingerprint density at radius 3 is 2.83 bits per heavy atom. The van der Waals surface area contributed by atoms with Gasteiger partial charge in [0.05, 0.1) is 17.7 Å².